The molecule has 0 spiro atoms. The highest BCUT2D eigenvalue weighted by atomic mass is 32.2. The van der Waals surface area contributed by atoms with Gasteiger partial charge < -0.3 is 9.84 Å². The van der Waals surface area contributed by atoms with Gasteiger partial charge in [0.05, 0.1) is 12.0 Å². The molecule has 1 aromatic rings. The number of carboxylic acid groups (broad SMARTS) is 1. The molecule has 0 aliphatic carbocycles. The number of nitrogens with zero attached hydrogens (tertiary/aromatic N) is 1. The van der Waals surface area contributed by atoms with Crippen molar-refractivity contribution in [3.8, 4) is 5.75 Å². The number of ether oxygens (including phenoxy) is 1. The number of hydrogen-bond acceptors (Lipinski definition) is 5. The first kappa shape index (κ1) is 18.5. The van der Waals surface area contributed by atoms with Crippen molar-refractivity contribution in [3.05, 3.63) is 34.7 Å². The molecule has 128 valence electrons. The van der Waals surface area contributed by atoms with E-state index in [1.807, 2.05) is 26.0 Å². The molecule has 1 aliphatic rings. The molecule has 0 radical (unpaired) electrons. The van der Waals surface area contributed by atoms with Crippen LogP contribution < -0.4 is 4.74 Å². The van der Waals surface area contributed by atoms with E-state index in [0.717, 1.165) is 23.1 Å². The van der Waals surface area contributed by atoms with Gasteiger partial charge in [0.25, 0.3) is 5.91 Å². The van der Waals surface area contributed by atoms with E-state index in [0.29, 0.717) is 11.3 Å². The van der Waals surface area contributed by atoms with Crippen molar-refractivity contribution in [1.82, 2.24) is 4.90 Å². The summed E-state index contributed by atoms with van der Waals surface area (Å²) in [6, 6.07) is 6.32. The average Bonchev–Trinajstić information content (AvgIpc) is 2.79. The SMILES string of the molecule is COc1ccc(/C=C2\SC(=S)N([C@@H](CC(C)C)C(=O)O)C2=O)cc1. The van der Waals surface area contributed by atoms with E-state index >= 15 is 0 Å². The highest BCUT2D eigenvalue weighted by Crippen LogP contribution is 2.35. The number of rotatable bonds is 6. The molecule has 5 nitrogen and oxygen atoms in total. The molecular formula is C17H19NO4S2. The number of amides is 1. The van der Waals surface area contributed by atoms with Crippen molar-refractivity contribution >= 4 is 46.3 Å². The number of aliphatic carboxylic acids is 1. The maximum atomic E-state index is 12.6. The molecule has 1 saturated heterocycles. The number of hydrogen-bond donors (Lipinski definition) is 1. The fourth-order valence-corrected chi connectivity index (χ4v) is 3.72. The Labute approximate surface area is 150 Å². The van der Waals surface area contributed by atoms with Crippen molar-refractivity contribution in [3.63, 3.8) is 0 Å². The Morgan fingerprint density at radius 1 is 1.38 bits per heavy atom. The fourth-order valence-electron chi connectivity index (χ4n) is 2.36. The molecule has 1 atom stereocenters. The van der Waals surface area contributed by atoms with E-state index in [1.165, 1.54) is 4.90 Å². The lowest BCUT2D eigenvalue weighted by atomic mass is 10.0. The predicted octanol–water partition coefficient (Wildman–Crippen LogP) is 3.40. The Kier molecular flexibility index (Phi) is 6.01. The van der Waals surface area contributed by atoms with Crippen LogP contribution in [0.25, 0.3) is 6.08 Å². The lowest BCUT2D eigenvalue weighted by Crippen LogP contribution is -2.44. The largest absolute Gasteiger partial charge is 0.497 e. The summed E-state index contributed by atoms with van der Waals surface area (Å²) in [6.45, 7) is 3.83. The maximum absolute atomic E-state index is 12.6. The first-order chi connectivity index (χ1) is 11.3. The van der Waals surface area contributed by atoms with E-state index in [4.69, 9.17) is 17.0 Å². The minimum Gasteiger partial charge on any atom is -0.497 e. The topological polar surface area (TPSA) is 66.8 Å². The van der Waals surface area contributed by atoms with Gasteiger partial charge >= 0.3 is 5.97 Å². The van der Waals surface area contributed by atoms with Crippen molar-refractivity contribution in [1.29, 1.82) is 0 Å². The number of thioether (sulfide) groups is 1. The fraction of sp³-hybridized carbons (Fsp3) is 0.353. The number of carbonyl (C=O) groups is 2. The van der Waals surface area contributed by atoms with Crippen molar-refractivity contribution in [2.24, 2.45) is 5.92 Å². The van der Waals surface area contributed by atoms with Gasteiger partial charge in [0.1, 0.15) is 16.1 Å². The van der Waals surface area contributed by atoms with Crippen LogP contribution in [0.2, 0.25) is 0 Å². The lowest BCUT2D eigenvalue weighted by molar-refractivity contribution is -0.145. The minimum atomic E-state index is -1.04. The highest BCUT2D eigenvalue weighted by molar-refractivity contribution is 8.26. The van der Waals surface area contributed by atoms with E-state index in [-0.39, 0.29) is 16.1 Å². The molecular weight excluding hydrogens is 346 g/mol. The third-order valence-electron chi connectivity index (χ3n) is 3.53. The standard InChI is InChI=1S/C17H19NO4S2/c1-10(2)8-13(16(20)21)18-15(19)14(24-17(18)23)9-11-4-6-12(22-3)7-5-11/h4-7,9-10,13H,8H2,1-3H3,(H,20,21)/b14-9-/t13-/m0/s1. The number of benzene rings is 1. The summed E-state index contributed by atoms with van der Waals surface area (Å²) in [5.41, 5.74) is 0.826. The molecule has 1 aromatic carbocycles. The Morgan fingerprint density at radius 2 is 2.00 bits per heavy atom. The zero-order chi connectivity index (χ0) is 17.9. The second-order valence-corrected chi connectivity index (χ2v) is 7.48. The molecule has 1 heterocycles. The first-order valence-electron chi connectivity index (χ1n) is 7.47. The Balaban J connectivity index is 2.26. The summed E-state index contributed by atoms with van der Waals surface area (Å²) in [5, 5.41) is 9.46. The van der Waals surface area contributed by atoms with Crippen LogP contribution in [-0.4, -0.2) is 39.4 Å². The van der Waals surface area contributed by atoms with Crippen LogP contribution >= 0.6 is 24.0 Å². The van der Waals surface area contributed by atoms with Gasteiger partial charge in [0.15, 0.2) is 0 Å². The minimum absolute atomic E-state index is 0.140. The van der Waals surface area contributed by atoms with E-state index in [2.05, 4.69) is 0 Å². The second-order valence-electron chi connectivity index (χ2n) is 5.81. The molecule has 7 heteroatoms. The summed E-state index contributed by atoms with van der Waals surface area (Å²) < 4.78 is 5.39. The van der Waals surface area contributed by atoms with E-state index < -0.39 is 12.0 Å². The second kappa shape index (κ2) is 7.81. The zero-order valence-electron chi connectivity index (χ0n) is 13.7. The molecule has 0 bridgehead atoms. The summed E-state index contributed by atoms with van der Waals surface area (Å²) in [4.78, 5) is 25.8. The number of methoxy groups -OCH3 is 1. The van der Waals surface area contributed by atoms with Gasteiger partial charge in [-0.25, -0.2) is 4.79 Å². The zero-order valence-corrected chi connectivity index (χ0v) is 15.3. The smallest absolute Gasteiger partial charge is 0.326 e. The van der Waals surface area contributed by atoms with Crippen LogP contribution in [0.4, 0.5) is 0 Å². The lowest BCUT2D eigenvalue weighted by Gasteiger charge is -2.24. The number of carbonyl (C=O) groups excluding carboxylic acids is 1. The van der Waals surface area contributed by atoms with Crippen LogP contribution in [0, 0.1) is 5.92 Å². The van der Waals surface area contributed by atoms with E-state index in [9.17, 15) is 14.7 Å². The number of carboxylic acids is 1. The summed E-state index contributed by atoms with van der Waals surface area (Å²) >= 11 is 6.38. The summed E-state index contributed by atoms with van der Waals surface area (Å²) in [6.07, 6.45) is 2.07. The summed E-state index contributed by atoms with van der Waals surface area (Å²) in [5.74, 6) is -0.525. The molecule has 1 N–H and O–H groups in total. The van der Waals surface area contributed by atoms with Gasteiger partial charge in [-0.05, 0) is 36.1 Å². The first-order valence-corrected chi connectivity index (χ1v) is 8.70. The quantitative estimate of drug-likeness (QED) is 0.616. The molecule has 24 heavy (non-hydrogen) atoms. The van der Waals surface area contributed by atoms with Crippen molar-refractivity contribution in [2.75, 3.05) is 7.11 Å². The molecule has 1 fully saturated rings. The normalized spacial score (nSPS) is 17.7. The van der Waals surface area contributed by atoms with Gasteiger partial charge in [0, 0.05) is 0 Å². The summed E-state index contributed by atoms with van der Waals surface area (Å²) in [7, 11) is 1.58. The molecule has 1 amide bonds. The van der Waals surface area contributed by atoms with Crippen molar-refractivity contribution in [2.45, 2.75) is 26.3 Å². The third kappa shape index (κ3) is 4.15. The van der Waals surface area contributed by atoms with E-state index in [1.54, 1.807) is 25.3 Å². The molecule has 2 rings (SSSR count). The molecule has 0 aromatic heterocycles. The van der Waals surface area contributed by atoms with Crippen LogP contribution in [-0.2, 0) is 9.59 Å². The van der Waals surface area contributed by atoms with Gasteiger partial charge in [-0.3, -0.25) is 9.69 Å². The third-order valence-corrected chi connectivity index (χ3v) is 4.86. The molecule has 0 unspecified atom stereocenters. The van der Waals surface area contributed by atoms with Crippen LogP contribution in [0.5, 0.6) is 5.75 Å². The van der Waals surface area contributed by atoms with Crippen molar-refractivity contribution < 1.29 is 19.4 Å². The van der Waals surface area contributed by atoms with Crippen LogP contribution in [0.3, 0.4) is 0 Å². The monoisotopic (exact) mass is 365 g/mol. The number of thiocarbonyl (C=S) groups is 1. The Morgan fingerprint density at radius 3 is 2.50 bits per heavy atom. The van der Waals surface area contributed by atoms with Crippen LogP contribution in [0.15, 0.2) is 29.2 Å². The van der Waals surface area contributed by atoms with Gasteiger partial charge in [-0.15, -0.1) is 0 Å². The van der Waals surface area contributed by atoms with Gasteiger partial charge in [0.2, 0.25) is 0 Å². The van der Waals surface area contributed by atoms with Gasteiger partial charge in [-0.2, -0.15) is 0 Å². The highest BCUT2D eigenvalue weighted by Gasteiger charge is 2.40. The molecule has 0 saturated carbocycles. The maximum Gasteiger partial charge on any atom is 0.326 e. The average molecular weight is 365 g/mol. The Bertz CT molecular complexity index is 682. The van der Waals surface area contributed by atoms with Crippen LogP contribution in [0.1, 0.15) is 25.8 Å². The molecule has 1 aliphatic heterocycles. The predicted molar refractivity (Wildman–Crippen MR) is 98.9 cm³/mol. The van der Waals surface area contributed by atoms with Gasteiger partial charge in [-0.1, -0.05) is 50.0 Å². The Hall–Kier alpha value is -1.86.